The van der Waals surface area contributed by atoms with E-state index in [1.54, 1.807) is 0 Å². The normalized spacial score (nSPS) is 14.3. The third-order valence-electron chi connectivity index (χ3n) is 5.25. The van der Waals surface area contributed by atoms with Gasteiger partial charge in [-0.1, -0.05) is 67.9 Å². The molecular formula is C23H22S. The van der Waals surface area contributed by atoms with E-state index in [9.17, 15) is 0 Å². The summed E-state index contributed by atoms with van der Waals surface area (Å²) in [7, 11) is 0. The fraction of sp³-hybridized carbons (Fsp3) is 0.217. The van der Waals surface area contributed by atoms with Crippen molar-refractivity contribution >= 4 is 11.8 Å². The molecule has 0 aromatic heterocycles. The van der Waals surface area contributed by atoms with Gasteiger partial charge in [0.1, 0.15) is 0 Å². The van der Waals surface area contributed by atoms with Gasteiger partial charge in [-0.3, -0.25) is 0 Å². The van der Waals surface area contributed by atoms with E-state index in [1.165, 1.54) is 43.8 Å². The van der Waals surface area contributed by atoms with Crippen molar-refractivity contribution in [1.82, 2.24) is 0 Å². The van der Waals surface area contributed by atoms with Crippen LogP contribution in [0.1, 0.15) is 30.5 Å². The number of aryl methyl sites for hydroxylation is 1. The molecule has 0 aliphatic heterocycles. The highest BCUT2D eigenvalue weighted by molar-refractivity contribution is 7.98. The van der Waals surface area contributed by atoms with E-state index in [2.05, 4.69) is 87.7 Å². The lowest BCUT2D eigenvalue weighted by Crippen LogP contribution is -2.15. The molecule has 0 atom stereocenters. The van der Waals surface area contributed by atoms with Crippen LogP contribution in [0.3, 0.4) is 0 Å². The first-order valence-electron chi connectivity index (χ1n) is 8.42. The third kappa shape index (κ3) is 2.22. The topological polar surface area (TPSA) is 0 Å². The lowest BCUT2D eigenvalue weighted by molar-refractivity contribution is 0.660. The summed E-state index contributed by atoms with van der Waals surface area (Å²) in [5.41, 5.74) is 9.71. The smallest absolute Gasteiger partial charge is 0.0159 e. The van der Waals surface area contributed by atoms with E-state index in [0.29, 0.717) is 0 Å². The van der Waals surface area contributed by atoms with Crippen LogP contribution in [0.5, 0.6) is 0 Å². The fourth-order valence-electron chi connectivity index (χ4n) is 3.90. The predicted octanol–water partition coefficient (Wildman–Crippen LogP) is 6.69. The van der Waals surface area contributed by atoms with Crippen LogP contribution in [0.4, 0.5) is 0 Å². The van der Waals surface area contributed by atoms with Crippen LogP contribution < -0.4 is 0 Å². The molecule has 0 saturated carbocycles. The Morgan fingerprint density at radius 1 is 0.750 bits per heavy atom. The van der Waals surface area contributed by atoms with Crippen molar-refractivity contribution < 1.29 is 0 Å². The lowest BCUT2D eigenvalue weighted by atomic mass is 9.81. The van der Waals surface area contributed by atoms with Gasteiger partial charge < -0.3 is 0 Å². The van der Waals surface area contributed by atoms with Crippen molar-refractivity contribution in [2.75, 3.05) is 6.26 Å². The number of rotatable bonds is 2. The Hall–Kier alpha value is -1.99. The Labute approximate surface area is 148 Å². The zero-order chi connectivity index (χ0) is 16.9. The van der Waals surface area contributed by atoms with Crippen LogP contribution in [0.2, 0.25) is 0 Å². The first-order valence-corrected chi connectivity index (χ1v) is 9.64. The molecule has 0 saturated heterocycles. The average molecular weight is 330 g/mol. The monoisotopic (exact) mass is 330 g/mol. The van der Waals surface area contributed by atoms with Crippen molar-refractivity contribution in [2.45, 2.75) is 31.1 Å². The van der Waals surface area contributed by atoms with Gasteiger partial charge >= 0.3 is 0 Å². The minimum atomic E-state index is 0.0565. The Bertz CT molecular complexity index is 935. The first-order chi connectivity index (χ1) is 11.5. The van der Waals surface area contributed by atoms with Gasteiger partial charge in [0.25, 0.3) is 0 Å². The van der Waals surface area contributed by atoms with Crippen LogP contribution >= 0.6 is 11.8 Å². The highest BCUT2D eigenvalue weighted by atomic mass is 32.2. The zero-order valence-electron chi connectivity index (χ0n) is 14.7. The summed E-state index contributed by atoms with van der Waals surface area (Å²) in [4.78, 5) is 1.33. The molecule has 0 radical (unpaired) electrons. The number of benzene rings is 3. The molecule has 1 aliphatic rings. The Morgan fingerprint density at radius 2 is 1.42 bits per heavy atom. The van der Waals surface area contributed by atoms with Gasteiger partial charge in [0.15, 0.2) is 0 Å². The molecule has 0 amide bonds. The summed E-state index contributed by atoms with van der Waals surface area (Å²) >= 11 is 1.81. The van der Waals surface area contributed by atoms with Gasteiger partial charge in [0, 0.05) is 10.3 Å². The van der Waals surface area contributed by atoms with Gasteiger partial charge in [-0.15, -0.1) is 11.8 Å². The van der Waals surface area contributed by atoms with Gasteiger partial charge in [0.2, 0.25) is 0 Å². The molecule has 0 unspecified atom stereocenters. The van der Waals surface area contributed by atoms with E-state index in [-0.39, 0.29) is 5.41 Å². The second kappa shape index (κ2) is 5.53. The number of hydrogen-bond acceptors (Lipinski definition) is 1. The summed E-state index contributed by atoms with van der Waals surface area (Å²) in [6.07, 6.45) is 2.15. The van der Waals surface area contributed by atoms with Crippen molar-refractivity contribution in [3.63, 3.8) is 0 Å². The molecule has 0 bridgehead atoms. The van der Waals surface area contributed by atoms with E-state index >= 15 is 0 Å². The molecule has 120 valence electrons. The maximum absolute atomic E-state index is 2.40. The second-order valence-corrected chi connectivity index (χ2v) is 7.98. The van der Waals surface area contributed by atoms with Crippen molar-refractivity contribution in [3.8, 4) is 22.3 Å². The van der Waals surface area contributed by atoms with E-state index in [1.807, 2.05) is 11.8 Å². The Kier molecular flexibility index (Phi) is 3.58. The molecule has 0 fully saturated rings. The van der Waals surface area contributed by atoms with Gasteiger partial charge in [-0.25, -0.2) is 0 Å². The Morgan fingerprint density at radius 3 is 2.17 bits per heavy atom. The quantitative estimate of drug-likeness (QED) is 0.472. The highest BCUT2D eigenvalue weighted by Gasteiger charge is 2.35. The number of hydrogen-bond donors (Lipinski definition) is 0. The van der Waals surface area contributed by atoms with Crippen LogP contribution in [0.15, 0.2) is 65.6 Å². The maximum Gasteiger partial charge on any atom is 0.0159 e. The molecule has 1 aliphatic carbocycles. The largest absolute Gasteiger partial charge is 0.129 e. The van der Waals surface area contributed by atoms with Crippen LogP contribution in [0.25, 0.3) is 22.3 Å². The van der Waals surface area contributed by atoms with Gasteiger partial charge in [-0.05, 0) is 58.7 Å². The van der Waals surface area contributed by atoms with Crippen LogP contribution in [0, 0.1) is 6.92 Å². The summed E-state index contributed by atoms with van der Waals surface area (Å²) in [5.74, 6) is 0. The molecule has 3 aromatic rings. The first kappa shape index (κ1) is 15.5. The summed E-state index contributed by atoms with van der Waals surface area (Å²) in [6.45, 7) is 6.88. The zero-order valence-corrected chi connectivity index (χ0v) is 15.5. The molecule has 0 spiro atoms. The molecule has 3 aromatic carbocycles. The Balaban J connectivity index is 1.92. The predicted molar refractivity (Wildman–Crippen MR) is 106 cm³/mol. The molecule has 24 heavy (non-hydrogen) atoms. The van der Waals surface area contributed by atoms with Crippen LogP contribution in [-0.4, -0.2) is 6.26 Å². The SMILES string of the molecule is CSc1ccccc1-c1ccc2c(c1)C(C)(C)c1cc(C)ccc1-2. The van der Waals surface area contributed by atoms with Crippen molar-refractivity contribution in [2.24, 2.45) is 0 Å². The average Bonchev–Trinajstić information content (AvgIpc) is 2.82. The summed E-state index contributed by atoms with van der Waals surface area (Å²) in [6, 6.07) is 22.5. The number of thioether (sulfide) groups is 1. The van der Waals surface area contributed by atoms with Crippen molar-refractivity contribution in [1.29, 1.82) is 0 Å². The van der Waals surface area contributed by atoms with Gasteiger partial charge in [-0.2, -0.15) is 0 Å². The standard InChI is InChI=1S/C23H22S/c1-15-9-11-18-19-12-10-16(17-7-5-6-8-22(17)24-4)14-21(19)23(2,3)20(18)13-15/h5-14H,1-4H3. The van der Waals surface area contributed by atoms with Crippen molar-refractivity contribution in [3.05, 3.63) is 77.4 Å². The third-order valence-corrected chi connectivity index (χ3v) is 6.05. The summed E-state index contributed by atoms with van der Waals surface area (Å²) < 4.78 is 0. The number of fused-ring (bicyclic) bond motifs is 3. The van der Waals surface area contributed by atoms with E-state index in [0.717, 1.165) is 0 Å². The molecule has 0 heterocycles. The second-order valence-electron chi connectivity index (χ2n) is 7.13. The van der Waals surface area contributed by atoms with Gasteiger partial charge in [0.05, 0.1) is 0 Å². The highest BCUT2D eigenvalue weighted by Crippen LogP contribution is 2.50. The lowest BCUT2D eigenvalue weighted by Gasteiger charge is -2.22. The van der Waals surface area contributed by atoms with E-state index in [4.69, 9.17) is 0 Å². The minimum Gasteiger partial charge on any atom is -0.129 e. The molecule has 0 nitrogen and oxygen atoms in total. The molecule has 0 N–H and O–H groups in total. The molecule has 1 heteroatoms. The van der Waals surface area contributed by atoms with E-state index < -0.39 is 0 Å². The minimum absolute atomic E-state index is 0.0565. The maximum atomic E-state index is 2.40. The molecule has 4 rings (SSSR count). The van der Waals surface area contributed by atoms with Crippen LogP contribution in [-0.2, 0) is 5.41 Å². The fourth-order valence-corrected chi connectivity index (χ4v) is 4.52. The summed E-state index contributed by atoms with van der Waals surface area (Å²) in [5, 5.41) is 0. The molecular weight excluding hydrogens is 308 g/mol.